The van der Waals surface area contributed by atoms with Gasteiger partial charge in [0.15, 0.2) is 0 Å². The molecule has 3 rings (SSSR count). The topological polar surface area (TPSA) is 29.1 Å². The zero-order valence-electron chi connectivity index (χ0n) is 11.9. The smallest absolute Gasteiger partial charge is 0.251 e. The highest BCUT2D eigenvalue weighted by molar-refractivity contribution is 6.10. The van der Waals surface area contributed by atoms with Gasteiger partial charge < -0.3 is 5.32 Å². The van der Waals surface area contributed by atoms with Crippen LogP contribution in [-0.4, -0.2) is 12.5 Å². The van der Waals surface area contributed by atoms with Crippen LogP contribution in [-0.2, 0) is 0 Å². The fourth-order valence-corrected chi connectivity index (χ4v) is 2.59. The molecule has 0 spiro atoms. The molecule has 1 N–H and O–H groups in total. The van der Waals surface area contributed by atoms with Crippen LogP contribution in [0.2, 0.25) is 0 Å². The summed E-state index contributed by atoms with van der Waals surface area (Å²) in [6.45, 7) is 4.46. The second-order valence-corrected chi connectivity index (χ2v) is 5.19. The molecule has 0 unspecified atom stereocenters. The molecule has 3 aromatic rings. The van der Waals surface area contributed by atoms with E-state index < -0.39 is 0 Å². The van der Waals surface area contributed by atoms with Crippen molar-refractivity contribution in [1.82, 2.24) is 5.32 Å². The molecule has 0 aliphatic carbocycles. The molecule has 0 aliphatic heterocycles. The number of unbranched alkanes of at least 4 members (excludes halogenated alkanes) is 1. The minimum Gasteiger partial charge on any atom is -0.352 e. The van der Waals surface area contributed by atoms with E-state index in [0.717, 1.165) is 34.6 Å². The first-order chi connectivity index (χ1) is 10.3. The lowest BCUT2D eigenvalue weighted by molar-refractivity contribution is 0.0955. The van der Waals surface area contributed by atoms with Crippen LogP contribution in [0.25, 0.3) is 21.5 Å². The largest absolute Gasteiger partial charge is 0.352 e. The van der Waals surface area contributed by atoms with E-state index in [1.54, 1.807) is 0 Å². The van der Waals surface area contributed by atoms with Crippen LogP contribution in [0.5, 0.6) is 0 Å². The minimum atomic E-state index is -0.00988. The Morgan fingerprint density at radius 3 is 2.43 bits per heavy atom. The Hall–Kier alpha value is -2.35. The number of rotatable bonds is 4. The first-order valence-corrected chi connectivity index (χ1v) is 7.28. The maximum Gasteiger partial charge on any atom is 0.251 e. The van der Waals surface area contributed by atoms with E-state index in [-0.39, 0.29) is 5.91 Å². The first-order valence-electron chi connectivity index (χ1n) is 7.28. The number of benzene rings is 3. The Morgan fingerprint density at radius 2 is 1.67 bits per heavy atom. The summed E-state index contributed by atoms with van der Waals surface area (Å²) in [6.07, 6.45) is 1.74. The van der Waals surface area contributed by atoms with E-state index in [1.807, 2.05) is 24.3 Å². The van der Waals surface area contributed by atoms with Crippen molar-refractivity contribution >= 4 is 27.5 Å². The van der Waals surface area contributed by atoms with Gasteiger partial charge in [-0.1, -0.05) is 49.7 Å². The lowest BCUT2D eigenvalue weighted by atomic mass is 9.99. The average Bonchev–Trinajstić information content (AvgIpc) is 2.52. The second kappa shape index (κ2) is 5.96. The number of amides is 1. The molecule has 0 saturated carbocycles. The maximum absolute atomic E-state index is 12.3. The molecule has 0 atom stereocenters. The summed E-state index contributed by atoms with van der Waals surface area (Å²) < 4.78 is 0. The number of carbonyl (C=O) groups is 1. The molecular weight excluding hydrogens is 258 g/mol. The molecule has 3 aromatic carbocycles. The van der Waals surface area contributed by atoms with Crippen LogP contribution in [0.1, 0.15) is 23.2 Å². The first kappa shape index (κ1) is 13.6. The molecule has 0 aromatic heterocycles. The van der Waals surface area contributed by atoms with Gasteiger partial charge in [-0.3, -0.25) is 4.79 Å². The standard InChI is InChI=1S/C19H18NO/c1-2-3-11-20-19(21)17-10-6-9-16-12-14-7-4-5-8-15(14)13-18(16)17/h4-10,12-13H,1-3,11H2,(H,20,21). The summed E-state index contributed by atoms with van der Waals surface area (Å²) in [7, 11) is 0. The van der Waals surface area contributed by atoms with Crippen LogP contribution < -0.4 is 5.32 Å². The molecule has 105 valence electrons. The van der Waals surface area contributed by atoms with E-state index in [2.05, 4.69) is 42.6 Å². The van der Waals surface area contributed by atoms with Gasteiger partial charge in [-0.05, 0) is 46.2 Å². The van der Waals surface area contributed by atoms with Crippen molar-refractivity contribution in [2.75, 3.05) is 6.54 Å². The van der Waals surface area contributed by atoms with Gasteiger partial charge in [-0.15, -0.1) is 0 Å². The average molecular weight is 276 g/mol. The zero-order chi connectivity index (χ0) is 14.7. The van der Waals surface area contributed by atoms with Crippen molar-refractivity contribution in [1.29, 1.82) is 0 Å². The fraction of sp³-hybridized carbons (Fsp3) is 0.158. The summed E-state index contributed by atoms with van der Waals surface area (Å²) in [5, 5.41) is 7.41. The van der Waals surface area contributed by atoms with Crippen LogP contribution in [0.4, 0.5) is 0 Å². The maximum atomic E-state index is 12.3. The fourth-order valence-electron chi connectivity index (χ4n) is 2.59. The van der Waals surface area contributed by atoms with E-state index >= 15 is 0 Å². The Labute approximate surface area is 124 Å². The quantitative estimate of drug-likeness (QED) is 0.557. The number of hydrogen-bond acceptors (Lipinski definition) is 1. The summed E-state index contributed by atoms with van der Waals surface area (Å²) in [6, 6.07) is 18.3. The van der Waals surface area contributed by atoms with Crippen molar-refractivity contribution < 1.29 is 4.79 Å². The van der Waals surface area contributed by atoms with Gasteiger partial charge in [0.05, 0.1) is 0 Å². The Kier molecular flexibility index (Phi) is 3.87. The molecule has 21 heavy (non-hydrogen) atoms. The monoisotopic (exact) mass is 276 g/mol. The number of hydrogen-bond donors (Lipinski definition) is 1. The number of fused-ring (bicyclic) bond motifs is 2. The van der Waals surface area contributed by atoms with Gasteiger partial charge >= 0.3 is 0 Å². The van der Waals surface area contributed by atoms with E-state index in [4.69, 9.17) is 0 Å². The van der Waals surface area contributed by atoms with Crippen LogP contribution in [0, 0.1) is 6.92 Å². The van der Waals surface area contributed by atoms with Gasteiger partial charge in [0, 0.05) is 12.1 Å². The van der Waals surface area contributed by atoms with Crippen LogP contribution in [0.3, 0.4) is 0 Å². The predicted molar refractivity (Wildman–Crippen MR) is 88.4 cm³/mol. The highest BCUT2D eigenvalue weighted by Gasteiger charge is 2.09. The van der Waals surface area contributed by atoms with Crippen LogP contribution in [0.15, 0.2) is 54.6 Å². The molecule has 0 fully saturated rings. The molecule has 2 nitrogen and oxygen atoms in total. The Morgan fingerprint density at radius 1 is 0.952 bits per heavy atom. The molecule has 0 aliphatic rings. The van der Waals surface area contributed by atoms with Crippen LogP contribution >= 0.6 is 0 Å². The summed E-state index contributed by atoms with van der Waals surface area (Å²) in [5.74, 6) is -0.00988. The normalized spacial score (nSPS) is 10.9. The third kappa shape index (κ3) is 2.75. The lowest BCUT2D eigenvalue weighted by Crippen LogP contribution is -2.24. The SMILES string of the molecule is [CH2]CCCNC(=O)c1cccc2cc3ccccc3cc12. The molecular formula is C19H18NO. The van der Waals surface area contributed by atoms with Gasteiger partial charge in [0.2, 0.25) is 0 Å². The van der Waals surface area contributed by atoms with Crippen molar-refractivity contribution in [3.63, 3.8) is 0 Å². The van der Waals surface area contributed by atoms with Gasteiger partial charge in [0.1, 0.15) is 0 Å². The Bertz CT molecular complexity index is 792. The third-order valence-electron chi connectivity index (χ3n) is 3.70. The van der Waals surface area contributed by atoms with Crippen molar-refractivity contribution in [3.05, 3.63) is 67.1 Å². The van der Waals surface area contributed by atoms with Gasteiger partial charge in [-0.25, -0.2) is 0 Å². The molecule has 1 radical (unpaired) electrons. The summed E-state index contributed by atoms with van der Waals surface area (Å²) in [4.78, 5) is 12.3. The molecule has 0 bridgehead atoms. The van der Waals surface area contributed by atoms with E-state index in [1.165, 1.54) is 5.39 Å². The lowest BCUT2D eigenvalue weighted by Gasteiger charge is -2.09. The number of nitrogens with one attached hydrogen (secondary N) is 1. The summed E-state index contributed by atoms with van der Waals surface area (Å²) in [5.41, 5.74) is 0.738. The van der Waals surface area contributed by atoms with Gasteiger partial charge in [-0.2, -0.15) is 0 Å². The molecule has 0 heterocycles. The third-order valence-corrected chi connectivity index (χ3v) is 3.70. The highest BCUT2D eigenvalue weighted by atomic mass is 16.1. The van der Waals surface area contributed by atoms with Crippen molar-refractivity contribution in [3.8, 4) is 0 Å². The zero-order valence-corrected chi connectivity index (χ0v) is 11.9. The van der Waals surface area contributed by atoms with Crippen molar-refractivity contribution in [2.24, 2.45) is 0 Å². The van der Waals surface area contributed by atoms with Crippen molar-refractivity contribution in [2.45, 2.75) is 12.8 Å². The second-order valence-electron chi connectivity index (χ2n) is 5.19. The molecule has 2 heteroatoms. The number of carbonyl (C=O) groups excluding carboxylic acids is 1. The minimum absolute atomic E-state index is 0.00988. The van der Waals surface area contributed by atoms with E-state index in [0.29, 0.717) is 6.54 Å². The summed E-state index contributed by atoms with van der Waals surface area (Å²) >= 11 is 0. The van der Waals surface area contributed by atoms with E-state index in [9.17, 15) is 4.79 Å². The molecule has 0 saturated heterocycles. The molecule has 1 amide bonds. The highest BCUT2D eigenvalue weighted by Crippen LogP contribution is 2.25. The Balaban J connectivity index is 2.06. The van der Waals surface area contributed by atoms with Gasteiger partial charge in [0.25, 0.3) is 5.91 Å². The predicted octanol–water partition coefficient (Wildman–Crippen LogP) is 4.34.